The third-order valence-electron chi connectivity index (χ3n) is 8.86. The molecule has 0 fully saturated rings. The molecule has 2 aliphatic rings. The summed E-state index contributed by atoms with van der Waals surface area (Å²) in [4.78, 5) is 24.6. The van der Waals surface area contributed by atoms with Crippen LogP contribution in [0.5, 0.6) is 0 Å². The maximum absolute atomic E-state index is 12.3. The first-order valence-corrected chi connectivity index (χ1v) is 16.3. The molecule has 0 unspecified atom stereocenters. The van der Waals surface area contributed by atoms with Crippen LogP contribution >= 0.6 is 34.8 Å². The molecule has 2 aromatic heterocycles. The molecule has 0 radical (unpaired) electrons. The van der Waals surface area contributed by atoms with Crippen molar-refractivity contribution in [3.63, 3.8) is 0 Å². The fourth-order valence-corrected chi connectivity index (χ4v) is 7.48. The van der Waals surface area contributed by atoms with Crippen molar-refractivity contribution in [1.82, 2.24) is 19.8 Å². The molecule has 234 valence electrons. The Morgan fingerprint density at radius 3 is 1.64 bits per heavy atom. The van der Waals surface area contributed by atoms with Crippen LogP contribution in [-0.2, 0) is 13.1 Å². The van der Waals surface area contributed by atoms with E-state index in [0.717, 1.165) is 74.0 Å². The Morgan fingerprint density at radius 1 is 0.660 bits per heavy atom. The molecule has 8 rings (SSSR count). The zero-order chi connectivity index (χ0) is 33.0. The lowest BCUT2D eigenvalue weighted by molar-refractivity contribution is 0.0920. The van der Waals surface area contributed by atoms with Gasteiger partial charge in [-0.05, 0) is 84.6 Å². The van der Waals surface area contributed by atoms with Crippen molar-refractivity contribution in [3.05, 3.63) is 116 Å². The summed E-state index contributed by atoms with van der Waals surface area (Å²) in [6, 6.07) is 25.0. The fraction of sp³-hybridized carbons (Fsp3) is 0.162. The number of hydrogen-bond donors (Lipinski definition) is 2. The van der Waals surface area contributed by atoms with Crippen LogP contribution in [0.2, 0.25) is 15.1 Å². The summed E-state index contributed by atoms with van der Waals surface area (Å²) in [6.45, 7) is 6.63. The molecular formula is C37H28Cl3N5O2. The smallest absolute Gasteiger partial charge is 0.268 e. The van der Waals surface area contributed by atoms with Crippen LogP contribution in [0, 0.1) is 25.2 Å². The van der Waals surface area contributed by atoms with Crippen LogP contribution < -0.4 is 10.6 Å². The van der Waals surface area contributed by atoms with E-state index in [9.17, 15) is 14.9 Å². The number of aryl methyl sites for hydroxylation is 2. The SMILES string of the molecule is Cc1c2n(c3c(-c4cccc(C#N)c4)cc(Cl)cc13)CCNC2=O.Cc1c2n(c3c(-c4cccc(Cl)c4)cc(Cl)cc13)CCNC2=O. The Morgan fingerprint density at radius 2 is 1.15 bits per heavy atom. The predicted octanol–water partition coefficient (Wildman–Crippen LogP) is 8.55. The summed E-state index contributed by atoms with van der Waals surface area (Å²) in [6.07, 6.45) is 0. The fourth-order valence-electron chi connectivity index (χ4n) is 6.85. The van der Waals surface area contributed by atoms with Gasteiger partial charge in [0.1, 0.15) is 11.4 Å². The van der Waals surface area contributed by atoms with Crippen LogP contribution in [0.3, 0.4) is 0 Å². The molecule has 0 aliphatic carbocycles. The summed E-state index contributed by atoms with van der Waals surface area (Å²) in [5.41, 5.74) is 9.80. The minimum atomic E-state index is -0.0530. The van der Waals surface area contributed by atoms with E-state index in [1.165, 1.54) is 0 Å². The summed E-state index contributed by atoms with van der Waals surface area (Å²) in [5, 5.41) is 18.9. The summed E-state index contributed by atoms with van der Waals surface area (Å²) >= 11 is 18.8. The first kappa shape index (κ1) is 30.9. The number of hydrogen-bond acceptors (Lipinski definition) is 3. The van der Waals surface area contributed by atoms with Crippen molar-refractivity contribution >= 4 is 68.4 Å². The molecule has 4 aromatic carbocycles. The van der Waals surface area contributed by atoms with Gasteiger partial charge >= 0.3 is 0 Å². The van der Waals surface area contributed by atoms with Gasteiger partial charge in [-0.1, -0.05) is 59.1 Å². The Hall–Kier alpha value is -4.74. The van der Waals surface area contributed by atoms with Gasteiger partial charge in [0.15, 0.2) is 0 Å². The van der Waals surface area contributed by atoms with Gasteiger partial charge < -0.3 is 19.8 Å². The number of rotatable bonds is 2. The molecule has 2 aliphatic heterocycles. The maximum Gasteiger partial charge on any atom is 0.268 e. The maximum atomic E-state index is 12.3. The first-order chi connectivity index (χ1) is 22.7. The molecule has 0 atom stereocenters. The van der Waals surface area contributed by atoms with Gasteiger partial charge in [0.2, 0.25) is 0 Å². The van der Waals surface area contributed by atoms with Crippen LogP contribution in [-0.4, -0.2) is 34.0 Å². The standard InChI is InChI=1S/C19H14ClN3O.C18H14Cl2N2O/c1-11-15-8-14(20)9-16(13-4-2-3-12(7-13)10-21)18(15)23-6-5-22-19(24)17(11)23;1-10-14-8-13(20)9-15(11-3-2-4-12(19)7-11)17(14)22-6-5-21-18(23)16(10)22/h2-4,7-9H,5-6H2,1H3,(H,22,24);2-4,7-9H,5-6H2,1H3,(H,21,23). The lowest BCUT2D eigenvalue weighted by Gasteiger charge is -2.18. The van der Waals surface area contributed by atoms with E-state index in [1.807, 2.05) is 80.6 Å². The van der Waals surface area contributed by atoms with Crippen molar-refractivity contribution in [2.45, 2.75) is 26.9 Å². The van der Waals surface area contributed by atoms with E-state index in [2.05, 4.69) is 25.8 Å². The molecule has 2 amide bonds. The first-order valence-electron chi connectivity index (χ1n) is 15.1. The highest BCUT2D eigenvalue weighted by Gasteiger charge is 2.27. The number of nitrogens with zero attached hydrogens (tertiary/aromatic N) is 3. The van der Waals surface area contributed by atoms with Crippen molar-refractivity contribution < 1.29 is 9.59 Å². The lowest BCUT2D eigenvalue weighted by atomic mass is 10.00. The average molecular weight is 681 g/mol. The number of carbonyl (C=O) groups excluding carboxylic acids is 2. The third-order valence-corrected chi connectivity index (χ3v) is 9.53. The second kappa shape index (κ2) is 12.1. The van der Waals surface area contributed by atoms with Crippen LogP contribution in [0.1, 0.15) is 37.7 Å². The van der Waals surface area contributed by atoms with Crippen molar-refractivity contribution in [2.24, 2.45) is 0 Å². The van der Waals surface area contributed by atoms with E-state index in [-0.39, 0.29) is 11.8 Å². The normalized spacial score (nSPS) is 13.7. The second-order valence-electron chi connectivity index (χ2n) is 11.7. The van der Waals surface area contributed by atoms with E-state index in [1.54, 1.807) is 6.07 Å². The number of nitrogens with one attached hydrogen (secondary N) is 2. The topological polar surface area (TPSA) is 91.8 Å². The monoisotopic (exact) mass is 679 g/mol. The van der Waals surface area contributed by atoms with Gasteiger partial charge in [0.05, 0.1) is 22.7 Å². The average Bonchev–Trinajstić information content (AvgIpc) is 3.52. The van der Waals surface area contributed by atoms with E-state index in [0.29, 0.717) is 39.4 Å². The molecule has 0 spiro atoms. The van der Waals surface area contributed by atoms with Gasteiger partial charge in [-0.15, -0.1) is 0 Å². The zero-order valence-corrected chi connectivity index (χ0v) is 27.8. The van der Waals surface area contributed by atoms with Crippen molar-refractivity contribution in [2.75, 3.05) is 13.1 Å². The van der Waals surface area contributed by atoms with E-state index < -0.39 is 0 Å². The molecule has 4 heterocycles. The number of nitriles is 1. The number of halogens is 3. The van der Waals surface area contributed by atoms with Crippen LogP contribution in [0.4, 0.5) is 0 Å². The Kier molecular flexibility index (Phi) is 7.97. The van der Waals surface area contributed by atoms with Gasteiger partial charge in [-0.2, -0.15) is 5.26 Å². The highest BCUT2D eigenvalue weighted by molar-refractivity contribution is 6.33. The van der Waals surface area contributed by atoms with E-state index in [4.69, 9.17) is 34.8 Å². The van der Waals surface area contributed by atoms with Gasteiger partial charge in [0.25, 0.3) is 11.8 Å². The molecule has 0 saturated heterocycles. The number of amides is 2. The molecule has 0 saturated carbocycles. The van der Waals surface area contributed by atoms with Crippen LogP contribution in [0.15, 0.2) is 72.8 Å². The van der Waals surface area contributed by atoms with E-state index >= 15 is 0 Å². The lowest BCUT2D eigenvalue weighted by Crippen LogP contribution is -2.35. The molecule has 0 bridgehead atoms. The number of fused-ring (bicyclic) bond motifs is 6. The highest BCUT2D eigenvalue weighted by atomic mass is 35.5. The number of benzene rings is 4. The Bertz CT molecular complexity index is 2330. The minimum absolute atomic E-state index is 0.0295. The summed E-state index contributed by atoms with van der Waals surface area (Å²) in [7, 11) is 0. The van der Waals surface area contributed by atoms with Gasteiger partial charge in [-0.25, -0.2) is 0 Å². The minimum Gasteiger partial charge on any atom is -0.349 e. The second-order valence-corrected chi connectivity index (χ2v) is 13.0. The highest BCUT2D eigenvalue weighted by Crippen LogP contribution is 2.39. The predicted molar refractivity (Wildman–Crippen MR) is 189 cm³/mol. The largest absolute Gasteiger partial charge is 0.349 e. The van der Waals surface area contributed by atoms with Crippen molar-refractivity contribution in [3.8, 4) is 28.3 Å². The third kappa shape index (κ3) is 5.33. The zero-order valence-electron chi connectivity index (χ0n) is 25.5. The van der Waals surface area contributed by atoms with Gasteiger partial charge in [0, 0.05) is 63.1 Å². The summed E-state index contributed by atoms with van der Waals surface area (Å²) < 4.78 is 4.16. The molecule has 6 aromatic rings. The number of aromatic nitrogens is 2. The van der Waals surface area contributed by atoms with Gasteiger partial charge in [-0.3, -0.25) is 9.59 Å². The molecular weight excluding hydrogens is 653 g/mol. The molecule has 47 heavy (non-hydrogen) atoms. The molecule has 10 heteroatoms. The van der Waals surface area contributed by atoms with Crippen molar-refractivity contribution in [1.29, 1.82) is 5.26 Å². The quantitative estimate of drug-likeness (QED) is 0.192. The number of carbonyl (C=O) groups is 2. The Labute approximate surface area is 286 Å². The van der Waals surface area contributed by atoms with Crippen LogP contribution in [0.25, 0.3) is 44.1 Å². The Balaban J connectivity index is 0.000000150. The molecule has 7 nitrogen and oxygen atoms in total. The molecule has 2 N–H and O–H groups in total. The summed E-state index contributed by atoms with van der Waals surface area (Å²) in [5.74, 6) is -0.0825.